The molecule has 0 saturated heterocycles. The first-order chi connectivity index (χ1) is 7.22. The zero-order chi connectivity index (χ0) is 12.6. The molecule has 16 heavy (non-hydrogen) atoms. The van der Waals surface area contributed by atoms with Crippen molar-refractivity contribution >= 4 is 11.6 Å². The summed E-state index contributed by atoms with van der Waals surface area (Å²) in [6.07, 6.45) is -5.03. The van der Waals surface area contributed by atoms with Crippen LogP contribution in [-0.2, 0) is 5.60 Å². The molecule has 0 aliphatic heterocycles. The van der Waals surface area contributed by atoms with E-state index in [1.54, 1.807) is 0 Å². The van der Waals surface area contributed by atoms with E-state index in [0.29, 0.717) is 6.07 Å². The van der Waals surface area contributed by atoms with E-state index in [-0.39, 0.29) is 0 Å². The highest BCUT2D eigenvalue weighted by atomic mass is 35.5. The fourth-order valence-corrected chi connectivity index (χ4v) is 1.47. The quantitative estimate of drug-likeness (QED) is 0.798. The molecule has 0 fully saturated rings. The van der Waals surface area contributed by atoms with Crippen molar-refractivity contribution in [2.75, 3.05) is 6.54 Å². The predicted molar refractivity (Wildman–Crippen MR) is 50.4 cm³/mol. The smallest absolute Gasteiger partial charge is 0.375 e. The molecule has 90 valence electrons. The van der Waals surface area contributed by atoms with Gasteiger partial charge in [0.2, 0.25) is 0 Å². The molecule has 7 heteroatoms. The van der Waals surface area contributed by atoms with Crippen LogP contribution in [0.4, 0.5) is 17.6 Å². The first kappa shape index (κ1) is 13.2. The van der Waals surface area contributed by atoms with Crippen molar-refractivity contribution < 1.29 is 22.7 Å². The molecule has 0 spiro atoms. The van der Waals surface area contributed by atoms with E-state index in [0.717, 1.165) is 12.1 Å². The van der Waals surface area contributed by atoms with Crippen LogP contribution in [0, 0.1) is 5.82 Å². The molecule has 0 heterocycles. The van der Waals surface area contributed by atoms with Crippen LogP contribution in [0.1, 0.15) is 5.56 Å². The van der Waals surface area contributed by atoms with Crippen LogP contribution < -0.4 is 5.73 Å². The molecule has 0 aromatic heterocycles. The minimum Gasteiger partial charge on any atom is -0.375 e. The predicted octanol–water partition coefficient (Wildman–Crippen LogP) is 2.19. The Kier molecular flexibility index (Phi) is 3.47. The summed E-state index contributed by atoms with van der Waals surface area (Å²) >= 11 is 5.48. The third kappa shape index (κ3) is 2.14. The number of hydrogen-bond donors (Lipinski definition) is 2. The molecule has 1 aromatic carbocycles. The van der Waals surface area contributed by atoms with Crippen LogP contribution in [0.15, 0.2) is 18.2 Å². The van der Waals surface area contributed by atoms with Crippen molar-refractivity contribution in [1.82, 2.24) is 0 Å². The average molecular weight is 258 g/mol. The van der Waals surface area contributed by atoms with Gasteiger partial charge in [-0.05, 0) is 18.2 Å². The van der Waals surface area contributed by atoms with E-state index in [2.05, 4.69) is 0 Å². The number of halogens is 5. The van der Waals surface area contributed by atoms with Crippen LogP contribution in [0.2, 0.25) is 5.02 Å². The van der Waals surface area contributed by atoms with E-state index in [1.165, 1.54) is 0 Å². The lowest BCUT2D eigenvalue weighted by atomic mass is 9.93. The van der Waals surface area contributed by atoms with Crippen LogP contribution in [-0.4, -0.2) is 17.8 Å². The maximum Gasteiger partial charge on any atom is 0.422 e. The Morgan fingerprint density at radius 1 is 1.31 bits per heavy atom. The number of nitrogens with two attached hydrogens (primary N) is 1. The van der Waals surface area contributed by atoms with Crippen molar-refractivity contribution in [3.8, 4) is 0 Å². The van der Waals surface area contributed by atoms with Gasteiger partial charge >= 0.3 is 6.18 Å². The molecular formula is C9H8ClF4NO. The standard InChI is InChI=1S/C9H8ClF4NO/c10-7-2-1-5(11)3-6(7)8(16,4-15)9(12,13)14/h1-3,16H,4,15H2. The second-order valence-electron chi connectivity index (χ2n) is 3.19. The third-order valence-electron chi connectivity index (χ3n) is 2.14. The highest BCUT2D eigenvalue weighted by Crippen LogP contribution is 2.41. The normalized spacial score (nSPS) is 15.9. The van der Waals surface area contributed by atoms with Gasteiger partial charge in [-0.25, -0.2) is 4.39 Å². The Bertz CT molecular complexity index is 396. The van der Waals surface area contributed by atoms with Crippen molar-refractivity contribution in [3.63, 3.8) is 0 Å². The molecule has 0 aliphatic carbocycles. The second-order valence-corrected chi connectivity index (χ2v) is 3.59. The number of hydrogen-bond acceptors (Lipinski definition) is 2. The molecule has 3 N–H and O–H groups in total. The van der Waals surface area contributed by atoms with E-state index in [1.807, 2.05) is 0 Å². The number of alkyl halides is 3. The summed E-state index contributed by atoms with van der Waals surface area (Å²) in [4.78, 5) is 0. The summed E-state index contributed by atoms with van der Waals surface area (Å²) < 4.78 is 50.6. The van der Waals surface area contributed by atoms with Crippen molar-refractivity contribution in [2.45, 2.75) is 11.8 Å². The van der Waals surface area contributed by atoms with Gasteiger partial charge in [-0.2, -0.15) is 13.2 Å². The summed E-state index contributed by atoms with van der Waals surface area (Å²) in [5.74, 6) is -0.935. The van der Waals surface area contributed by atoms with Gasteiger partial charge in [0.25, 0.3) is 0 Å². The molecule has 1 atom stereocenters. The summed E-state index contributed by atoms with van der Waals surface area (Å²) in [6.45, 7) is -1.14. The van der Waals surface area contributed by atoms with Crippen LogP contribution in [0.5, 0.6) is 0 Å². The molecule has 2 nitrogen and oxygen atoms in total. The summed E-state index contributed by atoms with van der Waals surface area (Å²) in [5, 5.41) is 9.04. The fourth-order valence-electron chi connectivity index (χ4n) is 1.19. The van der Waals surface area contributed by atoms with Crippen LogP contribution >= 0.6 is 11.6 Å². The monoisotopic (exact) mass is 257 g/mol. The van der Waals surface area contributed by atoms with Gasteiger partial charge in [0.05, 0.1) is 0 Å². The van der Waals surface area contributed by atoms with Crippen molar-refractivity contribution in [2.24, 2.45) is 5.73 Å². The minimum absolute atomic E-state index is 0.397. The summed E-state index contributed by atoms with van der Waals surface area (Å²) in [7, 11) is 0. The average Bonchev–Trinajstić information content (AvgIpc) is 2.19. The van der Waals surface area contributed by atoms with Gasteiger partial charge in [0.1, 0.15) is 5.82 Å². The van der Waals surface area contributed by atoms with Crippen molar-refractivity contribution in [1.29, 1.82) is 0 Å². The fraction of sp³-hybridized carbons (Fsp3) is 0.333. The van der Waals surface area contributed by atoms with Crippen LogP contribution in [0.3, 0.4) is 0 Å². The molecule has 0 radical (unpaired) electrons. The van der Waals surface area contributed by atoms with Crippen LogP contribution in [0.25, 0.3) is 0 Å². The molecule has 1 aromatic rings. The Morgan fingerprint density at radius 3 is 2.31 bits per heavy atom. The third-order valence-corrected chi connectivity index (χ3v) is 2.47. The summed E-state index contributed by atoms with van der Waals surface area (Å²) in [6, 6.07) is 2.33. The molecule has 1 rings (SSSR count). The summed E-state index contributed by atoms with van der Waals surface area (Å²) in [5.41, 5.74) is 0.764. The number of rotatable bonds is 2. The van der Waals surface area contributed by atoms with Gasteiger partial charge in [0.15, 0.2) is 5.60 Å². The van der Waals surface area contributed by atoms with Crippen molar-refractivity contribution in [3.05, 3.63) is 34.6 Å². The molecule has 0 bridgehead atoms. The minimum atomic E-state index is -5.03. The van der Waals surface area contributed by atoms with Gasteiger partial charge in [-0.3, -0.25) is 0 Å². The lowest BCUT2D eigenvalue weighted by molar-refractivity contribution is -0.262. The Hall–Kier alpha value is -0.850. The zero-order valence-electron chi connectivity index (χ0n) is 7.85. The number of aliphatic hydroxyl groups is 1. The topological polar surface area (TPSA) is 46.2 Å². The van der Waals surface area contributed by atoms with Gasteiger partial charge in [0, 0.05) is 17.1 Å². The highest BCUT2D eigenvalue weighted by molar-refractivity contribution is 6.31. The lowest BCUT2D eigenvalue weighted by Gasteiger charge is -2.30. The first-order valence-electron chi connectivity index (χ1n) is 4.17. The molecule has 1 unspecified atom stereocenters. The SMILES string of the molecule is NCC(O)(c1cc(F)ccc1Cl)C(F)(F)F. The first-order valence-corrected chi connectivity index (χ1v) is 4.55. The maximum absolute atomic E-state index is 12.8. The van der Waals surface area contributed by atoms with Gasteiger partial charge in [-0.15, -0.1) is 0 Å². The van der Waals surface area contributed by atoms with E-state index >= 15 is 0 Å². The van der Waals surface area contributed by atoms with E-state index in [4.69, 9.17) is 17.3 Å². The lowest BCUT2D eigenvalue weighted by Crippen LogP contribution is -2.48. The van der Waals surface area contributed by atoms with E-state index < -0.39 is 34.7 Å². The molecule has 0 saturated carbocycles. The van der Waals surface area contributed by atoms with Gasteiger partial charge in [-0.1, -0.05) is 11.6 Å². The Labute approximate surface area is 93.6 Å². The number of benzene rings is 1. The molecule has 0 amide bonds. The Morgan fingerprint density at radius 2 is 1.88 bits per heavy atom. The van der Waals surface area contributed by atoms with Gasteiger partial charge < -0.3 is 10.8 Å². The zero-order valence-corrected chi connectivity index (χ0v) is 8.61. The second kappa shape index (κ2) is 4.20. The highest BCUT2D eigenvalue weighted by Gasteiger charge is 2.55. The Balaban J connectivity index is 3.39. The largest absolute Gasteiger partial charge is 0.422 e. The molecule has 0 aliphatic rings. The maximum atomic E-state index is 12.8. The molecular weight excluding hydrogens is 250 g/mol. The van der Waals surface area contributed by atoms with E-state index in [9.17, 15) is 22.7 Å².